The molecule has 2 fully saturated rings. The topological polar surface area (TPSA) is 73.2 Å². The summed E-state index contributed by atoms with van der Waals surface area (Å²) < 4.78 is 0. The molecule has 1 aromatic carbocycles. The van der Waals surface area contributed by atoms with E-state index in [0.29, 0.717) is 18.4 Å². The number of imide groups is 1. The third-order valence-corrected chi connectivity index (χ3v) is 5.00. The van der Waals surface area contributed by atoms with E-state index < -0.39 is 5.54 Å². The molecule has 2 aliphatic heterocycles. The minimum absolute atomic E-state index is 0.114. The highest BCUT2D eigenvalue weighted by Crippen LogP contribution is 2.33. The number of amides is 3. The Kier molecular flexibility index (Phi) is 3.60. The van der Waals surface area contributed by atoms with Gasteiger partial charge in [-0.25, -0.2) is 4.79 Å². The van der Waals surface area contributed by atoms with Crippen molar-refractivity contribution in [1.29, 1.82) is 5.26 Å². The van der Waals surface area contributed by atoms with Gasteiger partial charge in [0.05, 0.1) is 18.2 Å². The molecule has 0 aliphatic carbocycles. The van der Waals surface area contributed by atoms with Crippen LogP contribution < -0.4 is 5.32 Å². The van der Waals surface area contributed by atoms with Gasteiger partial charge in [-0.05, 0) is 42.0 Å². The minimum Gasteiger partial charge on any atom is -0.323 e. The molecule has 0 unspecified atom stereocenters. The number of carbonyl (C=O) groups excluding carboxylic acids is 2. The van der Waals surface area contributed by atoms with Crippen LogP contribution in [-0.4, -0.2) is 33.9 Å². The molecule has 3 amide bonds. The van der Waals surface area contributed by atoms with Gasteiger partial charge < -0.3 is 5.32 Å². The van der Waals surface area contributed by atoms with Crippen molar-refractivity contribution in [3.8, 4) is 6.07 Å². The van der Waals surface area contributed by atoms with E-state index in [1.807, 2.05) is 17.8 Å². The Bertz CT molecular complexity index is 615. The molecule has 1 N–H and O–H groups in total. The summed E-state index contributed by atoms with van der Waals surface area (Å²) in [6, 6.07) is 8.69. The standard InChI is InChI=1S/C15H15N3O2S/c16-9-11-1-3-12(4-2-11)10-18-13(19)15(17-14(18)20)5-7-21-8-6-15/h1-4H,5-8,10H2,(H,17,20). The van der Waals surface area contributed by atoms with Crippen molar-refractivity contribution in [2.75, 3.05) is 11.5 Å². The van der Waals surface area contributed by atoms with Gasteiger partial charge in [-0.3, -0.25) is 9.69 Å². The van der Waals surface area contributed by atoms with Crippen LogP contribution in [0.4, 0.5) is 4.79 Å². The number of nitrogens with one attached hydrogen (secondary N) is 1. The van der Waals surface area contributed by atoms with Gasteiger partial charge in [-0.1, -0.05) is 12.1 Å². The highest BCUT2D eigenvalue weighted by molar-refractivity contribution is 7.99. The van der Waals surface area contributed by atoms with Crippen molar-refractivity contribution in [3.63, 3.8) is 0 Å². The maximum Gasteiger partial charge on any atom is 0.325 e. The molecule has 2 saturated heterocycles. The predicted molar refractivity (Wildman–Crippen MR) is 79.5 cm³/mol. The van der Waals surface area contributed by atoms with Crippen molar-refractivity contribution in [2.45, 2.75) is 24.9 Å². The zero-order valence-electron chi connectivity index (χ0n) is 11.5. The second-order valence-electron chi connectivity index (χ2n) is 5.32. The molecule has 0 radical (unpaired) electrons. The smallest absolute Gasteiger partial charge is 0.323 e. The summed E-state index contributed by atoms with van der Waals surface area (Å²) in [7, 11) is 0. The third kappa shape index (κ3) is 2.49. The Hall–Kier alpha value is -2.00. The Balaban J connectivity index is 1.77. The quantitative estimate of drug-likeness (QED) is 0.846. The maximum absolute atomic E-state index is 12.6. The number of nitriles is 1. The molecule has 5 nitrogen and oxygen atoms in total. The molecule has 21 heavy (non-hydrogen) atoms. The summed E-state index contributed by atoms with van der Waals surface area (Å²) in [5, 5.41) is 11.7. The van der Waals surface area contributed by atoms with Crippen LogP contribution in [0.2, 0.25) is 0 Å². The van der Waals surface area contributed by atoms with Crippen molar-refractivity contribution < 1.29 is 9.59 Å². The van der Waals surface area contributed by atoms with Gasteiger partial charge in [0, 0.05) is 0 Å². The van der Waals surface area contributed by atoms with Crippen molar-refractivity contribution in [2.24, 2.45) is 0 Å². The van der Waals surface area contributed by atoms with Crippen LogP contribution in [0.5, 0.6) is 0 Å². The predicted octanol–water partition coefficient (Wildman–Crippen LogP) is 1.88. The Morgan fingerprint density at radius 2 is 1.90 bits per heavy atom. The number of hydrogen-bond acceptors (Lipinski definition) is 4. The summed E-state index contributed by atoms with van der Waals surface area (Å²) in [5.41, 5.74) is 0.728. The number of urea groups is 1. The molecule has 2 heterocycles. The van der Waals surface area contributed by atoms with Gasteiger partial charge >= 0.3 is 6.03 Å². The van der Waals surface area contributed by atoms with Crippen molar-refractivity contribution >= 4 is 23.7 Å². The van der Waals surface area contributed by atoms with Crippen LogP contribution >= 0.6 is 11.8 Å². The molecule has 1 spiro atoms. The van der Waals surface area contributed by atoms with E-state index in [1.54, 1.807) is 24.3 Å². The number of benzene rings is 1. The second kappa shape index (κ2) is 5.41. The lowest BCUT2D eigenvalue weighted by Gasteiger charge is -2.30. The zero-order valence-corrected chi connectivity index (χ0v) is 12.3. The SMILES string of the molecule is N#Cc1ccc(CN2C(=O)NC3(CCSCC3)C2=O)cc1. The summed E-state index contributed by atoms with van der Waals surface area (Å²) in [6.07, 6.45) is 1.40. The van der Waals surface area contributed by atoms with Crippen molar-refractivity contribution in [1.82, 2.24) is 10.2 Å². The van der Waals surface area contributed by atoms with Crippen LogP contribution in [0.25, 0.3) is 0 Å². The monoisotopic (exact) mass is 301 g/mol. The second-order valence-corrected chi connectivity index (χ2v) is 6.55. The van der Waals surface area contributed by atoms with Crippen LogP contribution in [0, 0.1) is 11.3 Å². The summed E-state index contributed by atoms with van der Waals surface area (Å²) in [6.45, 7) is 0.255. The first-order valence-corrected chi connectivity index (χ1v) is 8.01. The van der Waals surface area contributed by atoms with E-state index in [2.05, 4.69) is 5.32 Å². The molecule has 2 aliphatic rings. The van der Waals surface area contributed by atoms with Crippen LogP contribution in [0.1, 0.15) is 24.0 Å². The molecule has 0 atom stereocenters. The van der Waals surface area contributed by atoms with E-state index in [4.69, 9.17) is 5.26 Å². The van der Waals surface area contributed by atoms with Crippen LogP contribution in [-0.2, 0) is 11.3 Å². The Labute approximate surface area is 127 Å². The summed E-state index contributed by atoms with van der Waals surface area (Å²) >= 11 is 1.82. The third-order valence-electron chi connectivity index (χ3n) is 4.02. The fraction of sp³-hybridized carbons (Fsp3) is 0.400. The first-order valence-electron chi connectivity index (χ1n) is 6.85. The summed E-state index contributed by atoms with van der Waals surface area (Å²) in [4.78, 5) is 26.0. The molecule has 0 saturated carbocycles. The van der Waals surface area contributed by atoms with E-state index in [-0.39, 0.29) is 18.5 Å². The molecular formula is C15H15N3O2S. The normalized spacial score (nSPS) is 20.4. The lowest BCUT2D eigenvalue weighted by molar-refractivity contribution is -0.132. The largest absolute Gasteiger partial charge is 0.325 e. The fourth-order valence-corrected chi connectivity index (χ4v) is 3.94. The molecule has 3 rings (SSSR count). The zero-order chi connectivity index (χ0) is 14.9. The van der Waals surface area contributed by atoms with Gasteiger partial charge in [0.2, 0.25) is 0 Å². The molecule has 0 bridgehead atoms. The van der Waals surface area contributed by atoms with Crippen LogP contribution in [0.3, 0.4) is 0 Å². The average molecular weight is 301 g/mol. The van der Waals surface area contributed by atoms with Gasteiger partial charge in [-0.2, -0.15) is 17.0 Å². The van der Waals surface area contributed by atoms with E-state index in [0.717, 1.165) is 17.1 Å². The molecule has 6 heteroatoms. The van der Waals surface area contributed by atoms with Gasteiger partial charge in [0.1, 0.15) is 5.54 Å². The Morgan fingerprint density at radius 3 is 2.52 bits per heavy atom. The summed E-state index contributed by atoms with van der Waals surface area (Å²) in [5.74, 6) is 1.69. The van der Waals surface area contributed by atoms with E-state index in [1.165, 1.54) is 4.90 Å². The van der Waals surface area contributed by atoms with E-state index in [9.17, 15) is 9.59 Å². The molecule has 1 aromatic rings. The number of thioether (sulfide) groups is 1. The number of hydrogen-bond donors (Lipinski definition) is 1. The van der Waals surface area contributed by atoms with Gasteiger partial charge in [0.25, 0.3) is 5.91 Å². The van der Waals surface area contributed by atoms with E-state index >= 15 is 0 Å². The highest BCUT2D eigenvalue weighted by Gasteiger charge is 2.51. The van der Waals surface area contributed by atoms with Crippen LogP contribution in [0.15, 0.2) is 24.3 Å². The maximum atomic E-state index is 12.6. The molecule has 0 aromatic heterocycles. The Morgan fingerprint density at radius 1 is 1.24 bits per heavy atom. The number of carbonyl (C=O) groups is 2. The first-order chi connectivity index (χ1) is 10.1. The number of nitrogens with zero attached hydrogens (tertiary/aromatic N) is 2. The lowest BCUT2D eigenvalue weighted by atomic mass is 9.92. The first kappa shape index (κ1) is 14.0. The minimum atomic E-state index is -0.686. The molecular weight excluding hydrogens is 286 g/mol. The van der Waals surface area contributed by atoms with Gasteiger partial charge in [-0.15, -0.1) is 0 Å². The van der Waals surface area contributed by atoms with Crippen molar-refractivity contribution in [3.05, 3.63) is 35.4 Å². The lowest BCUT2D eigenvalue weighted by Crippen LogP contribution is -2.49. The molecule has 108 valence electrons. The van der Waals surface area contributed by atoms with Gasteiger partial charge in [0.15, 0.2) is 0 Å². The average Bonchev–Trinajstić information content (AvgIpc) is 2.73. The highest BCUT2D eigenvalue weighted by atomic mass is 32.2. The fourth-order valence-electron chi connectivity index (χ4n) is 2.75. The number of rotatable bonds is 2.